The average molecular weight is 310 g/mol. The Morgan fingerprint density at radius 3 is 2.56 bits per heavy atom. The van der Waals surface area contributed by atoms with Crippen molar-refractivity contribution < 1.29 is 0 Å². The maximum Gasteiger partial charge on any atom is 0.196 e. The highest BCUT2D eigenvalue weighted by molar-refractivity contribution is 9.10. The molecule has 3 nitrogen and oxygen atoms in total. The van der Waals surface area contributed by atoms with Gasteiger partial charge < -0.3 is 10.6 Å². The second kappa shape index (κ2) is 4.92. The van der Waals surface area contributed by atoms with Crippen molar-refractivity contribution in [2.75, 3.05) is 11.4 Å². The van der Waals surface area contributed by atoms with Crippen molar-refractivity contribution in [3.63, 3.8) is 0 Å². The predicted octanol–water partition coefficient (Wildman–Crippen LogP) is 3.39. The second-order valence-electron chi connectivity index (χ2n) is 5.58. The van der Waals surface area contributed by atoms with Gasteiger partial charge in [-0.2, -0.15) is 0 Å². The number of benzene rings is 1. The van der Waals surface area contributed by atoms with E-state index in [2.05, 4.69) is 58.7 Å². The summed E-state index contributed by atoms with van der Waals surface area (Å²) in [6.07, 6.45) is 1.08. The van der Waals surface area contributed by atoms with E-state index in [4.69, 9.17) is 5.73 Å². The first-order valence-corrected chi connectivity index (χ1v) is 7.07. The third-order valence-electron chi connectivity index (χ3n) is 3.28. The molecule has 1 aromatic carbocycles. The number of hydrogen-bond donors (Lipinski definition) is 1. The summed E-state index contributed by atoms with van der Waals surface area (Å²) in [6.45, 7) is 7.48. The second-order valence-corrected chi connectivity index (χ2v) is 6.50. The molecule has 1 aliphatic rings. The summed E-state index contributed by atoms with van der Waals surface area (Å²) in [5.74, 6) is 1.24. The highest BCUT2D eigenvalue weighted by atomic mass is 79.9. The van der Waals surface area contributed by atoms with Gasteiger partial charge in [-0.05, 0) is 43.5 Å². The Balaban J connectivity index is 2.32. The van der Waals surface area contributed by atoms with Gasteiger partial charge in [0.15, 0.2) is 5.96 Å². The number of nitrogens with zero attached hydrogens (tertiary/aromatic N) is 2. The number of guanidine groups is 1. The van der Waals surface area contributed by atoms with Crippen LogP contribution in [0.4, 0.5) is 5.69 Å². The first-order chi connectivity index (χ1) is 8.42. The third kappa shape index (κ3) is 2.53. The van der Waals surface area contributed by atoms with Crippen molar-refractivity contribution in [1.82, 2.24) is 0 Å². The number of rotatable bonds is 3. The highest BCUT2D eigenvalue weighted by Crippen LogP contribution is 2.33. The summed E-state index contributed by atoms with van der Waals surface area (Å²) < 4.78 is 1.08. The zero-order valence-electron chi connectivity index (χ0n) is 11.2. The first kappa shape index (κ1) is 13.4. The molecule has 1 heterocycles. The molecule has 0 bridgehead atoms. The molecular formula is C14H20BrN3. The molecule has 0 aliphatic carbocycles. The molecule has 0 amide bonds. The molecule has 98 valence electrons. The lowest BCUT2D eigenvalue weighted by Crippen LogP contribution is -2.50. The van der Waals surface area contributed by atoms with Crippen molar-refractivity contribution in [3.8, 4) is 0 Å². The van der Waals surface area contributed by atoms with E-state index in [-0.39, 0.29) is 5.54 Å². The molecule has 1 unspecified atom stereocenters. The minimum absolute atomic E-state index is 0.00786. The van der Waals surface area contributed by atoms with Gasteiger partial charge in [0.05, 0.1) is 12.1 Å². The van der Waals surface area contributed by atoms with E-state index in [1.165, 1.54) is 0 Å². The molecule has 0 saturated carbocycles. The fourth-order valence-corrected chi connectivity index (χ4v) is 3.00. The smallest absolute Gasteiger partial charge is 0.196 e. The summed E-state index contributed by atoms with van der Waals surface area (Å²) in [6, 6.07) is 8.24. The molecule has 1 aliphatic heterocycles. The Labute approximate surface area is 117 Å². The molecule has 0 radical (unpaired) electrons. The molecule has 0 spiro atoms. The molecule has 1 aromatic rings. The third-order valence-corrected chi connectivity index (χ3v) is 3.81. The highest BCUT2D eigenvalue weighted by Gasteiger charge is 2.39. The Morgan fingerprint density at radius 1 is 1.39 bits per heavy atom. The number of hydrogen-bond acceptors (Lipinski definition) is 3. The number of halogens is 1. The first-order valence-electron chi connectivity index (χ1n) is 6.28. The van der Waals surface area contributed by atoms with Crippen molar-refractivity contribution in [3.05, 3.63) is 28.7 Å². The fourth-order valence-electron chi connectivity index (χ4n) is 2.74. The van der Waals surface area contributed by atoms with Crippen LogP contribution in [0.1, 0.15) is 27.2 Å². The van der Waals surface area contributed by atoms with Crippen LogP contribution < -0.4 is 10.6 Å². The van der Waals surface area contributed by atoms with Crippen LogP contribution in [0, 0.1) is 5.92 Å². The van der Waals surface area contributed by atoms with E-state index in [1.54, 1.807) is 0 Å². The zero-order chi connectivity index (χ0) is 13.3. The van der Waals surface area contributed by atoms with Crippen LogP contribution in [0.15, 0.2) is 33.7 Å². The van der Waals surface area contributed by atoms with Gasteiger partial charge in [0.1, 0.15) is 0 Å². The molecular weight excluding hydrogens is 290 g/mol. The van der Waals surface area contributed by atoms with Gasteiger partial charge in [-0.25, -0.2) is 0 Å². The molecule has 18 heavy (non-hydrogen) atoms. The van der Waals surface area contributed by atoms with Crippen LogP contribution in [0.25, 0.3) is 0 Å². The Hall–Kier alpha value is -1.03. The monoisotopic (exact) mass is 309 g/mol. The predicted molar refractivity (Wildman–Crippen MR) is 81.0 cm³/mol. The van der Waals surface area contributed by atoms with Crippen LogP contribution >= 0.6 is 15.9 Å². The Morgan fingerprint density at radius 2 is 2.00 bits per heavy atom. The summed E-state index contributed by atoms with van der Waals surface area (Å²) in [5, 5.41) is 0. The summed E-state index contributed by atoms with van der Waals surface area (Å²) in [7, 11) is 0. The maximum absolute atomic E-state index is 6.06. The largest absolute Gasteiger partial charge is 0.369 e. The van der Waals surface area contributed by atoms with Gasteiger partial charge in [-0.3, -0.25) is 4.99 Å². The summed E-state index contributed by atoms with van der Waals surface area (Å²) >= 11 is 3.46. The number of anilines is 1. The lowest BCUT2D eigenvalue weighted by Gasteiger charge is -2.37. The van der Waals surface area contributed by atoms with E-state index in [0.717, 1.165) is 23.1 Å². The van der Waals surface area contributed by atoms with Crippen molar-refractivity contribution >= 4 is 27.6 Å². The quantitative estimate of drug-likeness (QED) is 0.930. The SMILES string of the molecule is CC(C)CC1(C)CN=C(N)N1c1ccc(Br)cc1. The van der Waals surface area contributed by atoms with Crippen LogP contribution in [-0.4, -0.2) is 18.0 Å². The normalized spacial score (nSPS) is 23.6. The van der Waals surface area contributed by atoms with Gasteiger partial charge in [0.2, 0.25) is 0 Å². The zero-order valence-corrected chi connectivity index (χ0v) is 12.7. The standard InChI is InChI=1S/C14H20BrN3/c1-10(2)8-14(3)9-17-13(16)18(14)12-6-4-11(15)5-7-12/h4-7,10H,8-9H2,1-3H3,(H2,16,17). The van der Waals surface area contributed by atoms with Crippen LogP contribution in [0.3, 0.4) is 0 Å². The molecule has 1 atom stereocenters. The van der Waals surface area contributed by atoms with Crippen LogP contribution in [0.5, 0.6) is 0 Å². The minimum Gasteiger partial charge on any atom is -0.369 e. The minimum atomic E-state index is -0.00786. The van der Waals surface area contributed by atoms with Gasteiger partial charge >= 0.3 is 0 Å². The lowest BCUT2D eigenvalue weighted by atomic mass is 9.89. The molecule has 0 saturated heterocycles. The van der Waals surface area contributed by atoms with Crippen molar-refractivity contribution in [1.29, 1.82) is 0 Å². The van der Waals surface area contributed by atoms with Crippen molar-refractivity contribution in [2.24, 2.45) is 16.6 Å². The molecule has 2 N–H and O–H groups in total. The lowest BCUT2D eigenvalue weighted by molar-refractivity contribution is 0.392. The molecule has 0 fully saturated rings. The van der Waals surface area contributed by atoms with Crippen molar-refractivity contribution in [2.45, 2.75) is 32.7 Å². The topological polar surface area (TPSA) is 41.6 Å². The van der Waals surface area contributed by atoms with E-state index >= 15 is 0 Å². The van der Waals surface area contributed by atoms with E-state index in [1.807, 2.05) is 12.1 Å². The summed E-state index contributed by atoms with van der Waals surface area (Å²) in [4.78, 5) is 6.60. The number of nitrogens with two attached hydrogens (primary N) is 1. The summed E-state index contributed by atoms with van der Waals surface area (Å²) in [5.41, 5.74) is 7.17. The van der Waals surface area contributed by atoms with Gasteiger partial charge in [-0.15, -0.1) is 0 Å². The van der Waals surface area contributed by atoms with Gasteiger partial charge in [0, 0.05) is 10.2 Å². The number of aliphatic imine (C=N–C) groups is 1. The van der Waals surface area contributed by atoms with Crippen LogP contribution in [-0.2, 0) is 0 Å². The molecule has 4 heteroatoms. The Kier molecular flexibility index (Phi) is 3.66. The van der Waals surface area contributed by atoms with Crippen LogP contribution in [0.2, 0.25) is 0 Å². The Bertz CT molecular complexity index is 453. The molecule has 2 rings (SSSR count). The average Bonchev–Trinajstić information content (AvgIpc) is 2.55. The van der Waals surface area contributed by atoms with E-state index in [0.29, 0.717) is 11.9 Å². The maximum atomic E-state index is 6.06. The fraction of sp³-hybridized carbons (Fsp3) is 0.500. The van der Waals surface area contributed by atoms with E-state index < -0.39 is 0 Å². The van der Waals surface area contributed by atoms with Gasteiger partial charge in [0.25, 0.3) is 0 Å². The van der Waals surface area contributed by atoms with E-state index in [9.17, 15) is 0 Å². The molecule has 0 aromatic heterocycles. The van der Waals surface area contributed by atoms with Gasteiger partial charge in [-0.1, -0.05) is 29.8 Å².